The maximum Gasteiger partial charge on any atom is 0.335 e. The van der Waals surface area contributed by atoms with Gasteiger partial charge >= 0.3 is 6.03 Å². The van der Waals surface area contributed by atoms with E-state index in [2.05, 4.69) is 22.3 Å². The molecule has 8 nitrogen and oxygen atoms in total. The minimum absolute atomic E-state index is 0.170. The Labute approximate surface area is 207 Å². The molecule has 2 aliphatic heterocycles. The first-order valence-corrected chi connectivity index (χ1v) is 11.6. The number of amides is 4. The van der Waals surface area contributed by atoms with Crippen LogP contribution < -0.4 is 15.1 Å². The van der Waals surface area contributed by atoms with Crippen molar-refractivity contribution in [1.29, 1.82) is 0 Å². The number of hydrogen-bond donors (Lipinski definition) is 1. The number of nitrogens with one attached hydrogen (secondary N) is 1. The van der Waals surface area contributed by atoms with E-state index in [1.54, 1.807) is 0 Å². The summed E-state index contributed by atoms with van der Waals surface area (Å²) in [6, 6.07) is 14.1. The lowest BCUT2D eigenvalue weighted by Crippen LogP contribution is -2.54. The number of barbiturate groups is 1. The highest BCUT2D eigenvalue weighted by Gasteiger charge is 2.37. The second kappa shape index (κ2) is 9.43. The number of urea groups is 1. The van der Waals surface area contributed by atoms with Crippen LogP contribution in [0.5, 0.6) is 0 Å². The number of hydrogen-bond acceptors (Lipinski definition) is 5. The monoisotopic (exact) mass is 488 g/mol. The first kappa shape index (κ1) is 23.5. The summed E-state index contributed by atoms with van der Waals surface area (Å²) in [5.74, 6) is -2.04. The summed E-state index contributed by atoms with van der Waals surface area (Å²) in [6.45, 7) is 6.99. The smallest absolute Gasteiger partial charge is 0.335 e. The molecular formula is C27H25FN4O4. The molecule has 36 heavy (non-hydrogen) atoms. The van der Waals surface area contributed by atoms with Gasteiger partial charge in [0, 0.05) is 35.9 Å². The van der Waals surface area contributed by atoms with Gasteiger partial charge in [-0.2, -0.15) is 0 Å². The minimum atomic E-state index is -0.875. The van der Waals surface area contributed by atoms with Crippen molar-refractivity contribution in [1.82, 2.24) is 9.88 Å². The Balaban J connectivity index is 1.46. The molecule has 3 aromatic rings. The summed E-state index contributed by atoms with van der Waals surface area (Å²) in [6.07, 6.45) is 1.49. The van der Waals surface area contributed by atoms with Crippen LogP contribution in [-0.4, -0.2) is 48.7 Å². The molecule has 2 saturated heterocycles. The van der Waals surface area contributed by atoms with E-state index in [1.165, 1.54) is 18.2 Å². The van der Waals surface area contributed by atoms with E-state index in [0.29, 0.717) is 18.8 Å². The molecule has 0 spiro atoms. The largest absolute Gasteiger partial charge is 0.378 e. The Morgan fingerprint density at radius 2 is 1.50 bits per heavy atom. The van der Waals surface area contributed by atoms with E-state index >= 15 is 0 Å². The van der Waals surface area contributed by atoms with Gasteiger partial charge in [-0.15, -0.1) is 0 Å². The highest BCUT2D eigenvalue weighted by Crippen LogP contribution is 2.27. The van der Waals surface area contributed by atoms with Crippen molar-refractivity contribution < 1.29 is 23.5 Å². The Kier molecular flexibility index (Phi) is 6.15. The van der Waals surface area contributed by atoms with Gasteiger partial charge in [0.2, 0.25) is 0 Å². The molecule has 1 aromatic heterocycles. The van der Waals surface area contributed by atoms with Crippen molar-refractivity contribution in [2.75, 3.05) is 36.1 Å². The second-order valence-corrected chi connectivity index (χ2v) is 8.71. The summed E-state index contributed by atoms with van der Waals surface area (Å²) >= 11 is 0. The van der Waals surface area contributed by atoms with Gasteiger partial charge in [0.25, 0.3) is 11.8 Å². The molecule has 2 fully saturated rings. The van der Waals surface area contributed by atoms with E-state index in [9.17, 15) is 18.8 Å². The predicted molar refractivity (Wildman–Crippen MR) is 134 cm³/mol. The number of morpholine rings is 1. The maximum absolute atomic E-state index is 13.3. The SMILES string of the molecule is Cc1cc(C=C2C(=O)NC(=O)N(c3ccc(F)cc3)C2=O)c(C)n1-c1ccc(N2CCOCC2)cc1. The quantitative estimate of drug-likeness (QED) is 0.447. The predicted octanol–water partition coefficient (Wildman–Crippen LogP) is 3.74. The Hall–Kier alpha value is -4.24. The van der Waals surface area contributed by atoms with Gasteiger partial charge in [0.15, 0.2) is 0 Å². The number of carbonyl (C=O) groups is 3. The van der Waals surface area contributed by atoms with Crippen LogP contribution in [0.2, 0.25) is 0 Å². The van der Waals surface area contributed by atoms with Crippen LogP contribution in [0.3, 0.4) is 0 Å². The molecular weight excluding hydrogens is 463 g/mol. The summed E-state index contributed by atoms with van der Waals surface area (Å²) in [5, 5.41) is 2.20. The summed E-state index contributed by atoms with van der Waals surface area (Å²) in [4.78, 5) is 41.2. The molecule has 0 aliphatic carbocycles. The van der Waals surface area contributed by atoms with E-state index in [-0.39, 0.29) is 11.3 Å². The third-order valence-electron chi connectivity index (χ3n) is 6.44. The number of benzene rings is 2. The number of rotatable bonds is 4. The molecule has 2 aromatic carbocycles. The van der Waals surface area contributed by atoms with E-state index < -0.39 is 23.7 Å². The van der Waals surface area contributed by atoms with Crippen LogP contribution in [0.15, 0.2) is 60.2 Å². The lowest BCUT2D eigenvalue weighted by atomic mass is 10.1. The van der Waals surface area contributed by atoms with Crippen molar-refractivity contribution in [3.8, 4) is 5.69 Å². The molecule has 2 aliphatic rings. The Morgan fingerprint density at radius 3 is 2.17 bits per heavy atom. The van der Waals surface area contributed by atoms with Crippen molar-refractivity contribution in [2.45, 2.75) is 13.8 Å². The van der Waals surface area contributed by atoms with Crippen LogP contribution in [0.1, 0.15) is 17.0 Å². The standard InChI is InChI=1S/C27H25FN4O4/c1-17-15-19(18(2)31(17)22-9-7-21(8-10-22)30-11-13-36-14-12-30)16-24-25(33)29-27(35)32(26(24)34)23-5-3-20(28)4-6-23/h3-10,15-16H,11-14H2,1-2H3,(H,29,33,35). The molecule has 1 N–H and O–H groups in total. The lowest BCUT2D eigenvalue weighted by Gasteiger charge is -2.29. The van der Waals surface area contributed by atoms with Crippen molar-refractivity contribution in [3.05, 3.63) is 82.9 Å². The van der Waals surface area contributed by atoms with E-state index in [0.717, 1.165) is 52.9 Å². The van der Waals surface area contributed by atoms with E-state index in [1.807, 2.05) is 36.6 Å². The number of imide groups is 2. The number of aryl methyl sites for hydroxylation is 1. The first-order valence-electron chi connectivity index (χ1n) is 11.6. The summed E-state index contributed by atoms with van der Waals surface area (Å²) in [5.41, 5.74) is 4.51. The first-order chi connectivity index (χ1) is 17.3. The third kappa shape index (κ3) is 4.29. The number of anilines is 2. The molecule has 184 valence electrons. The third-order valence-corrected chi connectivity index (χ3v) is 6.44. The van der Waals surface area contributed by atoms with Gasteiger partial charge in [0.1, 0.15) is 11.4 Å². The lowest BCUT2D eigenvalue weighted by molar-refractivity contribution is -0.122. The molecule has 0 atom stereocenters. The van der Waals surface area contributed by atoms with Crippen LogP contribution >= 0.6 is 0 Å². The average molecular weight is 489 g/mol. The van der Waals surface area contributed by atoms with Gasteiger partial charge in [-0.05, 0) is 80.1 Å². The van der Waals surface area contributed by atoms with Crippen molar-refractivity contribution in [2.24, 2.45) is 0 Å². The van der Waals surface area contributed by atoms with Gasteiger partial charge in [-0.1, -0.05) is 0 Å². The fraction of sp³-hybridized carbons (Fsp3) is 0.222. The number of carbonyl (C=O) groups excluding carboxylic acids is 3. The highest BCUT2D eigenvalue weighted by atomic mass is 19.1. The number of halogens is 1. The van der Waals surface area contributed by atoms with Crippen LogP contribution in [0, 0.1) is 19.7 Å². The Morgan fingerprint density at radius 1 is 0.889 bits per heavy atom. The zero-order valence-electron chi connectivity index (χ0n) is 20.0. The zero-order chi connectivity index (χ0) is 25.4. The fourth-order valence-corrected chi connectivity index (χ4v) is 4.60. The van der Waals surface area contributed by atoms with Crippen molar-refractivity contribution >= 4 is 35.3 Å². The molecule has 4 amide bonds. The molecule has 0 unspecified atom stereocenters. The van der Waals surface area contributed by atoms with Gasteiger partial charge < -0.3 is 14.2 Å². The Bertz CT molecular complexity index is 1370. The number of nitrogens with zero attached hydrogens (tertiary/aromatic N) is 3. The maximum atomic E-state index is 13.3. The number of ether oxygens (including phenoxy) is 1. The van der Waals surface area contributed by atoms with Crippen molar-refractivity contribution in [3.63, 3.8) is 0 Å². The minimum Gasteiger partial charge on any atom is -0.378 e. The van der Waals surface area contributed by atoms with Gasteiger partial charge in [-0.25, -0.2) is 14.1 Å². The highest BCUT2D eigenvalue weighted by molar-refractivity contribution is 6.39. The molecule has 0 saturated carbocycles. The number of aromatic nitrogens is 1. The van der Waals surface area contributed by atoms with Crippen LogP contribution in [-0.2, 0) is 14.3 Å². The van der Waals surface area contributed by atoms with Crippen LogP contribution in [0.4, 0.5) is 20.6 Å². The average Bonchev–Trinajstić information content (AvgIpc) is 3.16. The summed E-state index contributed by atoms with van der Waals surface area (Å²) < 4.78 is 20.8. The van der Waals surface area contributed by atoms with Gasteiger partial charge in [0.05, 0.1) is 18.9 Å². The fourth-order valence-electron chi connectivity index (χ4n) is 4.60. The van der Waals surface area contributed by atoms with Gasteiger partial charge in [-0.3, -0.25) is 14.9 Å². The normalized spacial score (nSPS) is 17.6. The van der Waals surface area contributed by atoms with Crippen LogP contribution in [0.25, 0.3) is 11.8 Å². The second-order valence-electron chi connectivity index (χ2n) is 8.71. The molecule has 0 bridgehead atoms. The topological polar surface area (TPSA) is 83.9 Å². The zero-order valence-corrected chi connectivity index (χ0v) is 20.0. The molecule has 0 radical (unpaired) electrons. The molecule has 3 heterocycles. The van der Waals surface area contributed by atoms with E-state index in [4.69, 9.17) is 4.74 Å². The molecule has 9 heteroatoms. The summed E-state index contributed by atoms with van der Waals surface area (Å²) in [7, 11) is 0. The molecule has 5 rings (SSSR count).